The second kappa shape index (κ2) is 8.33. The van der Waals surface area contributed by atoms with Gasteiger partial charge in [-0.1, -0.05) is 69.0 Å². The van der Waals surface area contributed by atoms with Gasteiger partial charge in [0.1, 0.15) is 0 Å². The molecular weight excluding hydrogens is 403 g/mol. The van der Waals surface area contributed by atoms with Gasteiger partial charge in [-0.15, -0.1) is 0 Å². The average Bonchev–Trinajstić information content (AvgIpc) is 2.74. The van der Waals surface area contributed by atoms with Gasteiger partial charge in [0.25, 0.3) is 0 Å². The predicted octanol–water partition coefficient (Wildman–Crippen LogP) is 7.63. The minimum Gasteiger partial charge on any atom is -0.0949 e. The molecule has 0 heterocycles. The zero-order valence-electron chi connectivity index (χ0n) is 15.4. The Hall–Kier alpha value is -1.09. The molecule has 24 heavy (non-hydrogen) atoms. The second-order valence-electron chi connectivity index (χ2n) is 7.11. The molecule has 0 bridgehead atoms. The van der Waals surface area contributed by atoms with Gasteiger partial charge in [-0.2, -0.15) is 0 Å². The van der Waals surface area contributed by atoms with Crippen molar-refractivity contribution >= 4 is 22.6 Å². The van der Waals surface area contributed by atoms with Crippen molar-refractivity contribution in [1.29, 1.82) is 0 Å². The molecule has 0 spiro atoms. The van der Waals surface area contributed by atoms with Crippen molar-refractivity contribution in [2.75, 3.05) is 0 Å². The van der Waals surface area contributed by atoms with Crippen LogP contribution in [0.2, 0.25) is 0 Å². The van der Waals surface area contributed by atoms with Crippen LogP contribution in [0.15, 0.2) is 81.1 Å². The van der Waals surface area contributed by atoms with Crippen LogP contribution >= 0.6 is 22.6 Å². The third-order valence-electron chi connectivity index (χ3n) is 5.18. The van der Waals surface area contributed by atoms with E-state index >= 15 is 0 Å². The smallest absolute Gasteiger partial charge is 0.00249 e. The van der Waals surface area contributed by atoms with Gasteiger partial charge in [-0.3, -0.25) is 0 Å². The van der Waals surface area contributed by atoms with Gasteiger partial charge in [-0.25, -0.2) is 0 Å². The molecule has 0 saturated carbocycles. The Labute approximate surface area is 161 Å². The van der Waals surface area contributed by atoms with Crippen LogP contribution in [0, 0.1) is 11.3 Å². The first-order valence-electron chi connectivity index (χ1n) is 8.82. The van der Waals surface area contributed by atoms with Crippen LogP contribution in [0.1, 0.15) is 47.0 Å². The van der Waals surface area contributed by atoms with E-state index in [2.05, 4.69) is 105 Å². The minimum absolute atomic E-state index is 0.104. The van der Waals surface area contributed by atoms with Crippen molar-refractivity contribution in [1.82, 2.24) is 0 Å². The molecular formula is C23H29I. The molecule has 2 rings (SSSR count). The van der Waals surface area contributed by atoms with Crippen molar-refractivity contribution in [3.8, 4) is 0 Å². The third kappa shape index (κ3) is 4.11. The highest BCUT2D eigenvalue weighted by Gasteiger charge is 2.41. The van der Waals surface area contributed by atoms with E-state index in [1.165, 1.54) is 25.9 Å². The van der Waals surface area contributed by atoms with Gasteiger partial charge in [0, 0.05) is 0 Å². The van der Waals surface area contributed by atoms with Gasteiger partial charge in [0.15, 0.2) is 0 Å². The van der Waals surface area contributed by atoms with Crippen molar-refractivity contribution in [2.24, 2.45) is 11.3 Å². The molecule has 0 aliphatic heterocycles. The van der Waals surface area contributed by atoms with Gasteiger partial charge < -0.3 is 0 Å². The van der Waals surface area contributed by atoms with Crippen molar-refractivity contribution in [3.63, 3.8) is 0 Å². The molecule has 0 aromatic rings. The minimum atomic E-state index is 0.104. The first-order valence-corrected chi connectivity index (χ1v) is 9.90. The van der Waals surface area contributed by atoms with Gasteiger partial charge >= 0.3 is 0 Å². The van der Waals surface area contributed by atoms with E-state index in [1.54, 1.807) is 0 Å². The molecule has 0 N–H and O–H groups in total. The fourth-order valence-corrected chi connectivity index (χ4v) is 4.08. The highest BCUT2D eigenvalue weighted by molar-refractivity contribution is 14.1. The summed E-state index contributed by atoms with van der Waals surface area (Å²) in [5, 5.41) is 0. The summed E-state index contributed by atoms with van der Waals surface area (Å²) < 4.78 is 1.41. The molecule has 2 aliphatic rings. The van der Waals surface area contributed by atoms with E-state index < -0.39 is 0 Å². The van der Waals surface area contributed by atoms with Crippen LogP contribution in [0.3, 0.4) is 0 Å². The highest BCUT2D eigenvalue weighted by atomic mass is 127. The zero-order chi connectivity index (χ0) is 17.7. The SMILES string of the molecule is C=C1C(/C=C\C)=C(/C=C/C2=CC=CCC2)C(C)(C)C1C/C(I)=C\C. The summed E-state index contributed by atoms with van der Waals surface area (Å²) in [4.78, 5) is 0. The second-order valence-corrected chi connectivity index (χ2v) is 8.49. The third-order valence-corrected chi connectivity index (χ3v) is 6.24. The summed E-state index contributed by atoms with van der Waals surface area (Å²) in [5.41, 5.74) is 5.55. The summed E-state index contributed by atoms with van der Waals surface area (Å²) in [6.07, 6.45) is 21.2. The summed E-state index contributed by atoms with van der Waals surface area (Å²) in [6, 6.07) is 0. The number of allylic oxidation sites excluding steroid dienone is 13. The molecule has 128 valence electrons. The fourth-order valence-electron chi connectivity index (χ4n) is 3.64. The predicted molar refractivity (Wildman–Crippen MR) is 116 cm³/mol. The van der Waals surface area contributed by atoms with Crippen LogP contribution in [0.25, 0.3) is 0 Å². The first-order chi connectivity index (χ1) is 11.4. The highest BCUT2D eigenvalue weighted by Crippen LogP contribution is 2.53. The molecule has 1 unspecified atom stereocenters. The Morgan fingerprint density at radius 1 is 1.29 bits per heavy atom. The van der Waals surface area contributed by atoms with Gasteiger partial charge in [0.2, 0.25) is 0 Å². The van der Waals surface area contributed by atoms with E-state index in [-0.39, 0.29) is 5.41 Å². The van der Waals surface area contributed by atoms with E-state index in [9.17, 15) is 0 Å². The molecule has 0 saturated heterocycles. The Bertz CT molecular complexity index is 675. The Morgan fingerprint density at radius 3 is 2.62 bits per heavy atom. The lowest BCUT2D eigenvalue weighted by atomic mass is 9.74. The lowest BCUT2D eigenvalue weighted by Gasteiger charge is -2.30. The zero-order valence-corrected chi connectivity index (χ0v) is 17.6. The molecule has 0 nitrogen and oxygen atoms in total. The largest absolute Gasteiger partial charge is 0.0949 e. The van der Waals surface area contributed by atoms with Crippen LogP contribution in [-0.2, 0) is 0 Å². The van der Waals surface area contributed by atoms with Gasteiger partial charge in [-0.05, 0) is 92.9 Å². The van der Waals surface area contributed by atoms with E-state index in [1.807, 2.05) is 0 Å². The normalized spacial score (nSPS) is 24.5. The van der Waals surface area contributed by atoms with Crippen molar-refractivity contribution in [2.45, 2.75) is 47.0 Å². The maximum absolute atomic E-state index is 4.46. The maximum Gasteiger partial charge on any atom is -0.00249 e. The van der Waals surface area contributed by atoms with Gasteiger partial charge in [0.05, 0.1) is 0 Å². The molecule has 1 heteroatoms. The van der Waals surface area contributed by atoms with Crippen LogP contribution < -0.4 is 0 Å². The lowest BCUT2D eigenvalue weighted by molar-refractivity contribution is 0.338. The summed E-state index contributed by atoms with van der Waals surface area (Å²) >= 11 is 2.46. The summed E-state index contributed by atoms with van der Waals surface area (Å²) in [5.74, 6) is 0.465. The summed E-state index contributed by atoms with van der Waals surface area (Å²) in [6.45, 7) is 13.4. The van der Waals surface area contributed by atoms with E-state index in [4.69, 9.17) is 0 Å². The monoisotopic (exact) mass is 432 g/mol. The average molecular weight is 432 g/mol. The van der Waals surface area contributed by atoms with Crippen LogP contribution in [-0.4, -0.2) is 0 Å². The summed E-state index contributed by atoms with van der Waals surface area (Å²) in [7, 11) is 0. The van der Waals surface area contributed by atoms with E-state index in [0.29, 0.717) is 5.92 Å². The molecule has 0 aromatic heterocycles. The standard InChI is InChI=1S/C23H29I/c1-6-11-20-17(3)22(16-19(24)7-2)23(4,5)21(20)15-14-18-12-9-8-10-13-18/h6-9,11-12,14-15,22H,3,10,13,16H2,1-2,4-5H3/b11-6-,15-14+,19-7+. The van der Waals surface area contributed by atoms with E-state index in [0.717, 1.165) is 19.3 Å². The topological polar surface area (TPSA) is 0 Å². The molecule has 2 aliphatic carbocycles. The number of hydrogen-bond donors (Lipinski definition) is 0. The molecule has 1 atom stereocenters. The number of hydrogen-bond acceptors (Lipinski definition) is 0. The number of rotatable bonds is 5. The fraction of sp³-hybridized carbons (Fsp3) is 0.391. The van der Waals surface area contributed by atoms with Crippen LogP contribution in [0.4, 0.5) is 0 Å². The molecule has 0 aromatic carbocycles. The first kappa shape index (κ1) is 19.2. The Balaban J connectivity index is 2.40. The Kier molecular flexibility index (Phi) is 6.68. The van der Waals surface area contributed by atoms with Crippen LogP contribution in [0.5, 0.6) is 0 Å². The molecule has 0 radical (unpaired) electrons. The maximum atomic E-state index is 4.46. The van der Waals surface area contributed by atoms with Crippen molar-refractivity contribution in [3.05, 3.63) is 81.1 Å². The lowest BCUT2D eigenvalue weighted by Crippen LogP contribution is -2.21. The quantitative estimate of drug-likeness (QED) is 0.392. The Morgan fingerprint density at radius 2 is 2.04 bits per heavy atom. The molecule has 0 amide bonds. The van der Waals surface area contributed by atoms with Crippen molar-refractivity contribution < 1.29 is 0 Å². The number of halogens is 1. The molecule has 0 fully saturated rings.